The second kappa shape index (κ2) is 2.76. The van der Waals surface area contributed by atoms with Gasteiger partial charge in [0, 0.05) is 17.3 Å². The number of aromatic amines is 1. The van der Waals surface area contributed by atoms with Crippen LogP contribution in [0.2, 0.25) is 0 Å². The molecule has 3 rings (SSSR count). The Hall–Kier alpha value is -1.48. The van der Waals surface area contributed by atoms with Gasteiger partial charge in [0.1, 0.15) is 5.75 Å². The number of methoxy groups -OCH3 is 1. The largest absolute Gasteiger partial charge is 0.497 e. The molecule has 1 heterocycles. The summed E-state index contributed by atoms with van der Waals surface area (Å²) in [5, 5.41) is 1.20. The Morgan fingerprint density at radius 2 is 2.13 bits per heavy atom. The number of rotatable bonds is 2. The average molecular weight is 202 g/mol. The van der Waals surface area contributed by atoms with E-state index in [4.69, 9.17) is 10.5 Å². The lowest BCUT2D eigenvalue weighted by Gasteiger charge is -2.03. The van der Waals surface area contributed by atoms with Crippen molar-refractivity contribution < 1.29 is 4.74 Å². The van der Waals surface area contributed by atoms with Gasteiger partial charge in [0.05, 0.1) is 12.6 Å². The van der Waals surface area contributed by atoms with E-state index in [0.29, 0.717) is 0 Å². The smallest absolute Gasteiger partial charge is 0.120 e. The van der Waals surface area contributed by atoms with Gasteiger partial charge in [-0.05, 0) is 36.4 Å². The fraction of sp³-hybridized carbons (Fsp3) is 0.333. The van der Waals surface area contributed by atoms with E-state index < -0.39 is 0 Å². The molecule has 0 saturated heterocycles. The highest BCUT2D eigenvalue weighted by atomic mass is 16.5. The van der Waals surface area contributed by atoms with Crippen LogP contribution in [0.3, 0.4) is 0 Å². The van der Waals surface area contributed by atoms with Crippen LogP contribution in [0.5, 0.6) is 5.75 Å². The minimum Gasteiger partial charge on any atom is -0.497 e. The summed E-state index contributed by atoms with van der Waals surface area (Å²) >= 11 is 0. The molecule has 15 heavy (non-hydrogen) atoms. The minimum absolute atomic E-state index is 0.0910. The second-order valence-electron chi connectivity index (χ2n) is 4.29. The molecule has 1 aliphatic carbocycles. The number of nitrogens with two attached hydrogens (primary N) is 1. The van der Waals surface area contributed by atoms with Crippen molar-refractivity contribution in [2.45, 2.75) is 18.4 Å². The molecule has 1 aromatic carbocycles. The standard InChI is InChI=1S/C12H14N2O/c1-15-9-3-2-8-6-11(12(13)4-5-12)14-10(8)7-9/h2-3,6-7,14H,4-5,13H2,1H3. The Morgan fingerprint density at radius 1 is 1.33 bits per heavy atom. The van der Waals surface area contributed by atoms with Crippen molar-refractivity contribution in [3.63, 3.8) is 0 Å². The van der Waals surface area contributed by atoms with Gasteiger partial charge in [0.2, 0.25) is 0 Å². The molecule has 0 aliphatic heterocycles. The topological polar surface area (TPSA) is 51.0 Å². The Balaban J connectivity index is 2.13. The number of nitrogens with one attached hydrogen (secondary N) is 1. The van der Waals surface area contributed by atoms with E-state index in [-0.39, 0.29) is 5.54 Å². The fourth-order valence-corrected chi connectivity index (χ4v) is 1.91. The molecule has 1 fully saturated rings. The van der Waals surface area contributed by atoms with E-state index in [1.54, 1.807) is 7.11 Å². The number of fused-ring (bicyclic) bond motifs is 1. The summed E-state index contributed by atoms with van der Waals surface area (Å²) in [5.74, 6) is 0.873. The zero-order valence-electron chi connectivity index (χ0n) is 8.71. The predicted molar refractivity (Wildman–Crippen MR) is 60.0 cm³/mol. The quantitative estimate of drug-likeness (QED) is 0.783. The van der Waals surface area contributed by atoms with Gasteiger partial charge in [-0.15, -0.1) is 0 Å². The molecule has 78 valence electrons. The number of hydrogen-bond acceptors (Lipinski definition) is 2. The SMILES string of the molecule is COc1ccc2cc(C3(N)CC3)[nH]c2c1. The van der Waals surface area contributed by atoms with E-state index >= 15 is 0 Å². The molecule has 2 aromatic rings. The first-order chi connectivity index (χ1) is 7.21. The van der Waals surface area contributed by atoms with Crippen LogP contribution < -0.4 is 10.5 Å². The molecule has 0 amide bonds. The highest BCUT2D eigenvalue weighted by Crippen LogP contribution is 2.43. The molecular formula is C12H14N2O. The van der Waals surface area contributed by atoms with Gasteiger partial charge < -0.3 is 15.5 Å². The second-order valence-corrected chi connectivity index (χ2v) is 4.29. The highest BCUT2D eigenvalue weighted by Gasteiger charge is 2.41. The summed E-state index contributed by atoms with van der Waals surface area (Å²) in [4.78, 5) is 3.37. The normalized spacial score (nSPS) is 18.0. The van der Waals surface area contributed by atoms with Gasteiger partial charge in [0.15, 0.2) is 0 Å². The van der Waals surface area contributed by atoms with Gasteiger partial charge in [-0.25, -0.2) is 0 Å². The van der Waals surface area contributed by atoms with Gasteiger partial charge in [-0.2, -0.15) is 0 Å². The van der Waals surface area contributed by atoms with Crippen LogP contribution in [-0.4, -0.2) is 12.1 Å². The summed E-state index contributed by atoms with van der Waals surface area (Å²) in [6.45, 7) is 0. The number of benzene rings is 1. The fourth-order valence-electron chi connectivity index (χ4n) is 1.91. The van der Waals surface area contributed by atoms with Crippen molar-refractivity contribution in [2.24, 2.45) is 5.73 Å². The molecule has 3 heteroatoms. The Labute approximate surface area is 88.2 Å². The summed E-state index contributed by atoms with van der Waals surface area (Å²) in [6, 6.07) is 8.17. The van der Waals surface area contributed by atoms with E-state index in [1.165, 1.54) is 5.39 Å². The molecular weight excluding hydrogens is 188 g/mol. The van der Waals surface area contributed by atoms with Crippen LogP contribution in [0.15, 0.2) is 24.3 Å². The maximum atomic E-state index is 6.14. The monoisotopic (exact) mass is 202 g/mol. The third-order valence-electron chi connectivity index (χ3n) is 3.15. The zero-order valence-corrected chi connectivity index (χ0v) is 8.71. The first-order valence-electron chi connectivity index (χ1n) is 5.17. The number of H-pyrrole nitrogens is 1. The molecule has 3 N–H and O–H groups in total. The Morgan fingerprint density at radius 3 is 2.80 bits per heavy atom. The molecule has 0 unspecified atom stereocenters. The Bertz CT molecular complexity index is 511. The van der Waals surface area contributed by atoms with Crippen LogP contribution in [0.4, 0.5) is 0 Å². The van der Waals surface area contributed by atoms with Gasteiger partial charge in [-0.1, -0.05) is 0 Å². The van der Waals surface area contributed by atoms with Gasteiger partial charge in [-0.3, -0.25) is 0 Å². The maximum absolute atomic E-state index is 6.14. The summed E-state index contributed by atoms with van der Waals surface area (Å²) in [6.07, 6.45) is 2.16. The summed E-state index contributed by atoms with van der Waals surface area (Å²) in [5.41, 5.74) is 8.29. The molecule has 0 spiro atoms. The zero-order chi connectivity index (χ0) is 10.5. The van der Waals surface area contributed by atoms with Crippen LogP contribution >= 0.6 is 0 Å². The lowest BCUT2D eigenvalue weighted by atomic mass is 10.2. The van der Waals surface area contributed by atoms with Gasteiger partial charge >= 0.3 is 0 Å². The third-order valence-corrected chi connectivity index (χ3v) is 3.15. The lowest BCUT2D eigenvalue weighted by Crippen LogP contribution is -2.18. The number of aromatic nitrogens is 1. The lowest BCUT2D eigenvalue weighted by molar-refractivity contribution is 0.415. The summed E-state index contributed by atoms with van der Waals surface area (Å²) < 4.78 is 5.18. The van der Waals surface area contributed by atoms with Crippen molar-refractivity contribution in [1.29, 1.82) is 0 Å². The average Bonchev–Trinajstić information content (AvgIpc) is 2.85. The molecule has 0 radical (unpaired) electrons. The summed E-state index contributed by atoms with van der Waals surface area (Å²) in [7, 11) is 1.68. The van der Waals surface area contributed by atoms with E-state index in [1.807, 2.05) is 12.1 Å². The highest BCUT2D eigenvalue weighted by molar-refractivity contribution is 5.82. The molecule has 1 aliphatic rings. The number of ether oxygens (including phenoxy) is 1. The third kappa shape index (κ3) is 1.31. The predicted octanol–water partition coefficient (Wildman–Crippen LogP) is 2.12. The van der Waals surface area contributed by atoms with Gasteiger partial charge in [0.25, 0.3) is 0 Å². The van der Waals surface area contributed by atoms with Crippen molar-refractivity contribution in [3.8, 4) is 5.75 Å². The minimum atomic E-state index is -0.0910. The first kappa shape index (κ1) is 8.80. The Kier molecular flexibility index (Phi) is 1.62. The number of hydrogen-bond donors (Lipinski definition) is 2. The van der Waals surface area contributed by atoms with Crippen molar-refractivity contribution in [2.75, 3.05) is 7.11 Å². The maximum Gasteiger partial charge on any atom is 0.120 e. The first-order valence-corrected chi connectivity index (χ1v) is 5.17. The van der Waals surface area contributed by atoms with Crippen molar-refractivity contribution >= 4 is 10.9 Å². The van der Waals surface area contributed by atoms with E-state index in [2.05, 4.69) is 17.1 Å². The van der Waals surface area contributed by atoms with Crippen LogP contribution in [0.1, 0.15) is 18.5 Å². The van der Waals surface area contributed by atoms with Crippen molar-refractivity contribution in [3.05, 3.63) is 30.0 Å². The molecule has 1 aromatic heterocycles. The molecule has 1 saturated carbocycles. The van der Waals surface area contributed by atoms with Crippen LogP contribution in [0, 0.1) is 0 Å². The van der Waals surface area contributed by atoms with Crippen molar-refractivity contribution in [1.82, 2.24) is 4.98 Å². The van der Waals surface area contributed by atoms with Crippen LogP contribution in [0.25, 0.3) is 10.9 Å². The van der Waals surface area contributed by atoms with E-state index in [9.17, 15) is 0 Å². The van der Waals surface area contributed by atoms with E-state index in [0.717, 1.165) is 29.8 Å². The molecule has 3 nitrogen and oxygen atoms in total. The molecule has 0 atom stereocenters. The van der Waals surface area contributed by atoms with Crippen LogP contribution in [-0.2, 0) is 5.54 Å². The molecule has 0 bridgehead atoms.